The van der Waals surface area contributed by atoms with Gasteiger partial charge in [0.15, 0.2) is 0 Å². The molecule has 3 N–H and O–H groups in total. The minimum atomic E-state index is -4.92. The van der Waals surface area contributed by atoms with Crippen LogP contribution in [-0.4, -0.2) is 39.3 Å². The van der Waals surface area contributed by atoms with E-state index >= 15 is 0 Å². The summed E-state index contributed by atoms with van der Waals surface area (Å²) in [5.41, 5.74) is 8.40. The Balaban J connectivity index is 1.74. The Morgan fingerprint density at radius 1 is 1.05 bits per heavy atom. The first-order valence-corrected chi connectivity index (χ1v) is 13.2. The predicted molar refractivity (Wildman–Crippen MR) is 143 cm³/mol. The molecule has 4 aromatic rings. The summed E-state index contributed by atoms with van der Waals surface area (Å²) in [6.45, 7) is -0.718. The average molecular weight is 571 g/mol. The van der Waals surface area contributed by atoms with Crippen LogP contribution in [-0.2, 0) is 16.6 Å². The lowest BCUT2D eigenvalue weighted by molar-refractivity contribution is -0.154. The highest BCUT2D eigenvalue weighted by Crippen LogP contribution is 2.35. The molecule has 0 bridgehead atoms. The molecule has 0 aliphatic rings. The van der Waals surface area contributed by atoms with E-state index in [9.17, 15) is 21.6 Å². The van der Waals surface area contributed by atoms with Crippen LogP contribution in [0.1, 0.15) is 0 Å². The number of rotatable bonds is 7. The van der Waals surface area contributed by atoms with E-state index in [2.05, 4.69) is 0 Å². The SMILES string of the molecule is CN(C)c1ccc(-c2cn(CC(NS(=O)(=O)c3c(N)cc(Cl)cc3Cl)C(F)(F)F)c3ccccc23)cc1. The zero-order valence-corrected chi connectivity index (χ0v) is 22.1. The lowest BCUT2D eigenvalue weighted by Crippen LogP contribution is -2.48. The summed E-state index contributed by atoms with van der Waals surface area (Å²) in [7, 11) is -0.942. The first-order valence-electron chi connectivity index (χ1n) is 11.0. The van der Waals surface area contributed by atoms with Crippen LogP contribution in [0.3, 0.4) is 0 Å². The van der Waals surface area contributed by atoms with Gasteiger partial charge in [0.25, 0.3) is 0 Å². The van der Waals surface area contributed by atoms with E-state index in [1.807, 2.05) is 49.3 Å². The fourth-order valence-electron chi connectivity index (χ4n) is 4.08. The van der Waals surface area contributed by atoms with E-state index in [0.717, 1.165) is 34.3 Å². The molecule has 4 rings (SSSR count). The summed E-state index contributed by atoms with van der Waals surface area (Å²) in [6, 6.07) is 14.3. The van der Waals surface area contributed by atoms with E-state index < -0.39 is 33.7 Å². The maximum atomic E-state index is 14.1. The van der Waals surface area contributed by atoms with Crippen molar-refractivity contribution >= 4 is 55.5 Å². The Bertz CT molecular complexity index is 1530. The molecule has 3 aromatic carbocycles. The molecule has 1 aromatic heterocycles. The van der Waals surface area contributed by atoms with Crippen molar-refractivity contribution < 1.29 is 21.6 Å². The summed E-state index contributed by atoms with van der Waals surface area (Å²) in [4.78, 5) is 1.28. The van der Waals surface area contributed by atoms with E-state index in [-0.39, 0.29) is 15.7 Å². The van der Waals surface area contributed by atoms with Gasteiger partial charge in [-0.05, 0) is 35.9 Å². The largest absolute Gasteiger partial charge is 0.406 e. The monoisotopic (exact) mass is 570 g/mol. The number of nitrogens with two attached hydrogens (primary N) is 1. The minimum Gasteiger partial charge on any atom is -0.398 e. The second kappa shape index (κ2) is 10.1. The van der Waals surface area contributed by atoms with Crippen LogP contribution in [0.5, 0.6) is 0 Å². The van der Waals surface area contributed by atoms with Crippen molar-refractivity contribution in [1.82, 2.24) is 9.29 Å². The highest BCUT2D eigenvalue weighted by molar-refractivity contribution is 7.89. The molecule has 0 spiro atoms. The molecule has 0 radical (unpaired) electrons. The zero-order valence-electron chi connectivity index (χ0n) is 19.7. The van der Waals surface area contributed by atoms with Crippen molar-refractivity contribution in [3.8, 4) is 11.1 Å². The van der Waals surface area contributed by atoms with Gasteiger partial charge in [0.2, 0.25) is 10.0 Å². The van der Waals surface area contributed by atoms with Crippen molar-refractivity contribution in [2.24, 2.45) is 0 Å². The molecule has 1 unspecified atom stereocenters. The van der Waals surface area contributed by atoms with Crippen molar-refractivity contribution in [3.63, 3.8) is 0 Å². The molecule has 1 atom stereocenters. The molecule has 0 amide bonds. The minimum absolute atomic E-state index is 0.0544. The number of alkyl halides is 3. The Hall–Kier alpha value is -2.92. The van der Waals surface area contributed by atoms with Crippen molar-refractivity contribution in [3.05, 3.63) is 76.9 Å². The standard InChI is InChI=1S/C25H23Cl2F3N4O2S/c1-33(2)17-9-7-15(8-10-17)19-13-34(22-6-4-3-5-18(19)22)14-23(25(28,29)30)32-37(35,36)24-20(27)11-16(26)12-21(24)31/h3-13,23,32H,14,31H2,1-2H3. The van der Waals surface area contributed by atoms with Gasteiger partial charge in [-0.3, -0.25) is 0 Å². The zero-order chi connectivity index (χ0) is 27.1. The van der Waals surface area contributed by atoms with E-state index in [4.69, 9.17) is 28.9 Å². The Labute approximate surface area is 222 Å². The van der Waals surface area contributed by atoms with Gasteiger partial charge in [0.05, 0.1) is 10.7 Å². The number of para-hydroxylation sites is 1. The number of hydrogen-bond donors (Lipinski definition) is 2. The Morgan fingerprint density at radius 3 is 2.30 bits per heavy atom. The maximum absolute atomic E-state index is 14.1. The number of nitrogen functional groups attached to an aromatic ring is 1. The molecule has 37 heavy (non-hydrogen) atoms. The van der Waals surface area contributed by atoms with Gasteiger partial charge in [0, 0.05) is 54.0 Å². The van der Waals surface area contributed by atoms with E-state index in [0.29, 0.717) is 5.52 Å². The van der Waals surface area contributed by atoms with E-state index in [1.165, 1.54) is 4.57 Å². The molecule has 0 aliphatic carbocycles. The number of aromatic nitrogens is 1. The number of fused-ring (bicyclic) bond motifs is 1. The van der Waals surface area contributed by atoms with Crippen molar-refractivity contribution in [2.75, 3.05) is 24.7 Å². The normalized spacial score (nSPS) is 13.2. The number of nitrogens with zero attached hydrogens (tertiary/aromatic N) is 2. The van der Waals surface area contributed by atoms with Gasteiger partial charge < -0.3 is 15.2 Å². The summed E-state index contributed by atoms with van der Waals surface area (Å²) >= 11 is 11.8. The first-order chi connectivity index (χ1) is 17.3. The van der Waals surface area contributed by atoms with E-state index in [1.54, 1.807) is 29.1 Å². The van der Waals surface area contributed by atoms with Crippen LogP contribution in [0.4, 0.5) is 24.5 Å². The van der Waals surface area contributed by atoms with Crippen LogP contribution in [0, 0.1) is 0 Å². The number of sulfonamides is 1. The first kappa shape index (κ1) is 27.1. The summed E-state index contributed by atoms with van der Waals surface area (Å²) in [5, 5.41) is 0.404. The van der Waals surface area contributed by atoms with Crippen LogP contribution in [0.2, 0.25) is 10.0 Å². The number of benzene rings is 3. The fourth-order valence-corrected chi connectivity index (χ4v) is 6.28. The van der Waals surface area contributed by atoms with Crippen LogP contribution >= 0.6 is 23.2 Å². The van der Waals surface area contributed by atoms with Crippen LogP contribution in [0.25, 0.3) is 22.0 Å². The molecule has 0 fully saturated rings. The molecule has 12 heteroatoms. The second-order valence-electron chi connectivity index (χ2n) is 8.68. The molecular weight excluding hydrogens is 548 g/mol. The third-order valence-corrected chi connectivity index (χ3v) is 8.08. The van der Waals surface area contributed by atoms with Gasteiger partial charge in [-0.25, -0.2) is 8.42 Å². The van der Waals surface area contributed by atoms with Crippen LogP contribution < -0.4 is 15.4 Å². The lowest BCUT2D eigenvalue weighted by Gasteiger charge is -2.23. The van der Waals surface area contributed by atoms with Gasteiger partial charge in [-0.15, -0.1) is 0 Å². The highest BCUT2D eigenvalue weighted by Gasteiger charge is 2.43. The molecule has 0 aliphatic heterocycles. The van der Waals surface area contributed by atoms with Gasteiger partial charge in [0.1, 0.15) is 10.9 Å². The van der Waals surface area contributed by atoms with Gasteiger partial charge in [-0.1, -0.05) is 53.5 Å². The van der Waals surface area contributed by atoms with Crippen molar-refractivity contribution in [2.45, 2.75) is 23.7 Å². The number of anilines is 2. The molecule has 0 saturated heterocycles. The lowest BCUT2D eigenvalue weighted by atomic mass is 10.0. The molecule has 6 nitrogen and oxygen atoms in total. The number of halogens is 5. The van der Waals surface area contributed by atoms with Crippen LogP contribution in [0.15, 0.2) is 71.8 Å². The quantitative estimate of drug-likeness (QED) is 0.260. The van der Waals surface area contributed by atoms with Crippen molar-refractivity contribution in [1.29, 1.82) is 0 Å². The summed E-state index contributed by atoms with van der Waals surface area (Å²) < 4.78 is 71.5. The maximum Gasteiger partial charge on any atom is 0.406 e. The molecular formula is C25H23Cl2F3N4O2S. The second-order valence-corrected chi connectivity index (χ2v) is 11.2. The Kier molecular flexibility index (Phi) is 7.40. The Morgan fingerprint density at radius 2 is 1.70 bits per heavy atom. The summed E-state index contributed by atoms with van der Waals surface area (Å²) in [6.07, 6.45) is -3.33. The average Bonchev–Trinajstić information content (AvgIpc) is 3.15. The molecule has 0 saturated carbocycles. The predicted octanol–water partition coefficient (Wildman–Crippen LogP) is 6.17. The molecule has 196 valence electrons. The highest BCUT2D eigenvalue weighted by atomic mass is 35.5. The third kappa shape index (κ3) is 5.67. The van der Waals surface area contributed by atoms with Gasteiger partial charge >= 0.3 is 6.18 Å². The fraction of sp³-hybridized carbons (Fsp3) is 0.200. The third-order valence-electron chi connectivity index (χ3n) is 5.86. The number of nitrogens with one attached hydrogen (secondary N) is 1. The number of hydrogen-bond acceptors (Lipinski definition) is 4. The summed E-state index contributed by atoms with van der Waals surface area (Å²) in [5.74, 6) is 0. The smallest absolute Gasteiger partial charge is 0.398 e. The molecule has 1 heterocycles. The topological polar surface area (TPSA) is 80.4 Å². The van der Waals surface area contributed by atoms with Gasteiger partial charge in [-0.2, -0.15) is 17.9 Å².